The topological polar surface area (TPSA) is 42.5 Å². The summed E-state index contributed by atoms with van der Waals surface area (Å²) in [7, 11) is 0. The van der Waals surface area contributed by atoms with Gasteiger partial charge in [-0.15, -0.1) is 0 Å². The molecule has 0 unspecified atom stereocenters. The van der Waals surface area contributed by atoms with Crippen LogP contribution in [0.2, 0.25) is 0 Å². The fourth-order valence-corrected chi connectivity index (χ4v) is 0.999. The summed E-state index contributed by atoms with van der Waals surface area (Å²) in [5, 5.41) is 5.51. The Labute approximate surface area is 149 Å². The second kappa shape index (κ2) is 20.2. The molecular formula is C10H16N2O2S4Zn. The van der Waals surface area contributed by atoms with Gasteiger partial charge in [0.05, 0.1) is 12.5 Å². The number of thiocarbonyl (C=S) groups is 2. The monoisotopic (exact) mass is 388 g/mol. The Morgan fingerprint density at radius 1 is 0.947 bits per heavy atom. The fourth-order valence-electron chi connectivity index (χ4n) is 0.591. The molecule has 4 nitrogen and oxygen atoms in total. The molecule has 0 fully saturated rings. The van der Waals surface area contributed by atoms with Crippen LogP contribution in [0.4, 0.5) is 0 Å². The normalized spacial score (nSPS) is 7.58. The molecule has 0 amide bonds. The smallest absolute Gasteiger partial charge is 0.500 e. The van der Waals surface area contributed by atoms with Gasteiger partial charge in [0.1, 0.15) is 13.2 Å². The number of ether oxygens (including phenoxy) is 2. The average Bonchev–Trinajstić information content (AvgIpc) is 2.31. The third kappa shape index (κ3) is 32.0. The maximum Gasteiger partial charge on any atom is 2.00 e. The largest absolute Gasteiger partial charge is 2.00 e. The Kier molecular flexibility index (Phi) is 25.5. The first-order valence-electron chi connectivity index (χ1n) is 4.89. The molecule has 0 aliphatic carbocycles. The van der Waals surface area contributed by atoms with Crippen molar-refractivity contribution in [2.45, 2.75) is 0 Å². The van der Waals surface area contributed by atoms with Crippen LogP contribution in [0.3, 0.4) is 0 Å². The summed E-state index contributed by atoms with van der Waals surface area (Å²) in [5.74, 6) is 0. The summed E-state index contributed by atoms with van der Waals surface area (Å²) in [5.41, 5.74) is 0. The van der Waals surface area contributed by atoms with Gasteiger partial charge in [-0.2, -0.15) is 0 Å². The van der Waals surface area contributed by atoms with Crippen LogP contribution < -0.4 is 10.6 Å². The summed E-state index contributed by atoms with van der Waals surface area (Å²) in [6, 6.07) is 0. The van der Waals surface area contributed by atoms with Crippen LogP contribution in [0.5, 0.6) is 0 Å². The molecule has 0 atom stereocenters. The van der Waals surface area contributed by atoms with Crippen molar-refractivity contribution in [2.75, 3.05) is 26.3 Å². The molecule has 104 valence electrons. The molecule has 0 aliphatic heterocycles. The van der Waals surface area contributed by atoms with E-state index in [1.165, 1.54) is 12.5 Å². The molecule has 0 bridgehead atoms. The summed E-state index contributed by atoms with van der Waals surface area (Å²) in [6.07, 6.45) is 2.77. The Balaban J connectivity index is -0.000000256. The first-order chi connectivity index (χ1) is 8.54. The maximum absolute atomic E-state index is 4.78. The van der Waals surface area contributed by atoms with Gasteiger partial charge in [0.25, 0.3) is 0 Å². The van der Waals surface area contributed by atoms with Crippen molar-refractivity contribution in [1.29, 1.82) is 0 Å². The van der Waals surface area contributed by atoms with E-state index in [4.69, 9.17) is 9.47 Å². The second-order valence-corrected chi connectivity index (χ2v) is 4.65. The van der Waals surface area contributed by atoms with Crippen LogP contribution in [0, 0.1) is 0 Å². The number of hydrogen-bond acceptors (Lipinski definition) is 6. The van der Waals surface area contributed by atoms with Gasteiger partial charge >= 0.3 is 19.5 Å². The van der Waals surface area contributed by atoms with Gasteiger partial charge in [0, 0.05) is 13.1 Å². The molecule has 0 spiro atoms. The molecular weight excluding hydrogens is 374 g/mol. The zero-order chi connectivity index (χ0) is 14.2. The van der Waals surface area contributed by atoms with Crippen molar-refractivity contribution in [3.63, 3.8) is 0 Å². The standard InChI is InChI=1S/2C5H9NOS2.Zn/c2*1-2-7-4-3-6-5(8)9;/h2*2H,1,3-4H2,(H2,6,8,9);/q;;+2/p-2. The molecule has 0 aliphatic rings. The number of nitrogens with one attached hydrogen (secondary N) is 2. The van der Waals surface area contributed by atoms with E-state index in [9.17, 15) is 0 Å². The molecule has 0 aromatic rings. The van der Waals surface area contributed by atoms with Crippen LogP contribution in [-0.4, -0.2) is 34.9 Å². The van der Waals surface area contributed by atoms with Crippen LogP contribution in [0.25, 0.3) is 0 Å². The SMILES string of the molecule is C=COCCNC(=S)[S-].C=COCCNC(=S)[S-].[Zn+2]. The quantitative estimate of drug-likeness (QED) is 0.210. The van der Waals surface area contributed by atoms with E-state index in [0.29, 0.717) is 34.9 Å². The van der Waals surface area contributed by atoms with Gasteiger partial charge in [-0.3, -0.25) is 0 Å². The van der Waals surface area contributed by atoms with Crippen molar-refractivity contribution in [1.82, 2.24) is 10.6 Å². The van der Waals surface area contributed by atoms with E-state index in [0.717, 1.165) is 0 Å². The molecule has 0 rings (SSSR count). The zero-order valence-electron chi connectivity index (χ0n) is 10.6. The number of rotatable bonds is 8. The van der Waals surface area contributed by atoms with E-state index in [1.807, 2.05) is 0 Å². The minimum Gasteiger partial charge on any atom is -0.500 e. The minimum atomic E-state index is 0. The fraction of sp³-hybridized carbons (Fsp3) is 0.400. The zero-order valence-corrected chi connectivity index (χ0v) is 16.8. The summed E-state index contributed by atoms with van der Waals surface area (Å²) >= 11 is 18.3. The van der Waals surface area contributed by atoms with Crippen molar-refractivity contribution < 1.29 is 29.0 Å². The molecule has 2 N–H and O–H groups in total. The van der Waals surface area contributed by atoms with E-state index in [1.54, 1.807) is 0 Å². The Morgan fingerprint density at radius 2 is 1.26 bits per heavy atom. The van der Waals surface area contributed by atoms with Crippen molar-refractivity contribution in [3.05, 3.63) is 25.7 Å². The summed E-state index contributed by atoms with van der Waals surface area (Å²) in [4.78, 5) is 0. The van der Waals surface area contributed by atoms with Gasteiger partial charge in [-0.05, 0) is 0 Å². The molecule has 0 aromatic heterocycles. The van der Waals surface area contributed by atoms with Crippen LogP contribution in [-0.2, 0) is 54.2 Å². The maximum atomic E-state index is 4.78. The molecule has 19 heavy (non-hydrogen) atoms. The first kappa shape index (κ1) is 24.0. The first-order valence-corrected chi connectivity index (χ1v) is 6.52. The van der Waals surface area contributed by atoms with E-state index >= 15 is 0 Å². The molecule has 0 radical (unpaired) electrons. The van der Waals surface area contributed by atoms with E-state index in [-0.39, 0.29) is 19.5 Å². The van der Waals surface area contributed by atoms with Gasteiger partial charge in [0.15, 0.2) is 0 Å². The molecule has 9 heteroatoms. The van der Waals surface area contributed by atoms with Crippen molar-refractivity contribution in [2.24, 2.45) is 0 Å². The molecule has 0 saturated heterocycles. The number of hydrogen-bond donors (Lipinski definition) is 2. The Hall–Kier alpha value is -0.0766. The van der Waals surface area contributed by atoms with Crippen LogP contribution >= 0.6 is 24.4 Å². The molecule has 0 aromatic carbocycles. The average molecular weight is 390 g/mol. The predicted molar refractivity (Wildman–Crippen MR) is 88.2 cm³/mol. The van der Waals surface area contributed by atoms with Gasteiger partial charge in [-0.1, -0.05) is 21.8 Å². The van der Waals surface area contributed by atoms with Crippen LogP contribution in [0.1, 0.15) is 0 Å². The predicted octanol–water partition coefficient (Wildman–Crippen LogP) is 1.13. The van der Waals surface area contributed by atoms with Crippen molar-refractivity contribution >= 4 is 58.3 Å². The van der Waals surface area contributed by atoms with Crippen LogP contribution in [0.15, 0.2) is 25.7 Å². The second-order valence-electron chi connectivity index (χ2n) is 2.50. The van der Waals surface area contributed by atoms with Gasteiger partial charge in [0.2, 0.25) is 0 Å². The summed E-state index contributed by atoms with van der Waals surface area (Å²) < 4.78 is 10.3. The van der Waals surface area contributed by atoms with Crippen molar-refractivity contribution in [3.8, 4) is 0 Å². The third-order valence-electron chi connectivity index (χ3n) is 1.21. The van der Waals surface area contributed by atoms with E-state index < -0.39 is 0 Å². The third-order valence-corrected chi connectivity index (χ3v) is 1.79. The van der Waals surface area contributed by atoms with E-state index in [2.05, 4.69) is 73.5 Å². The van der Waals surface area contributed by atoms with Gasteiger partial charge in [-0.25, -0.2) is 0 Å². The molecule has 0 heterocycles. The molecule has 0 saturated carbocycles. The minimum absolute atomic E-state index is 0. The summed E-state index contributed by atoms with van der Waals surface area (Å²) in [6.45, 7) is 9.14. The Morgan fingerprint density at radius 3 is 1.47 bits per heavy atom. The van der Waals surface area contributed by atoms with Gasteiger partial charge < -0.3 is 69.8 Å². The Bertz CT molecular complexity index is 242.